The van der Waals surface area contributed by atoms with Crippen molar-refractivity contribution in [3.8, 4) is 0 Å². The number of carboxylic acid groups (broad SMARTS) is 1. The highest BCUT2D eigenvalue weighted by Crippen LogP contribution is 2.11. The molecule has 4 nitrogen and oxygen atoms in total. The van der Waals surface area contributed by atoms with Crippen molar-refractivity contribution in [2.45, 2.75) is 0 Å². The van der Waals surface area contributed by atoms with E-state index in [1.165, 1.54) is 12.3 Å². The molecule has 1 aromatic heterocycles. The van der Waals surface area contributed by atoms with Gasteiger partial charge in [0.25, 0.3) is 0 Å². The van der Waals surface area contributed by atoms with Gasteiger partial charge >= 0.3 is 11.7 Å². The molecule has 0 spiro atoms. The zero-order valence-corrected chi connectivity index (χ0v) is 7.18. The number of aromatic nitrogens is 1. The third-order valence-electron chi connectivity index (χ3n) is 2.00. The van der Waals surface area contributed by atoms with E-state index in [-0.39, 0.29) is 5.69 Å². The molecule has 0 atom stereocenters. The molecule has 0 aliphatic carbocycles. The normalized spacial score (nSPS) is 10.3. The van der Waals surface area contributed by atoms with E-state index in [9.17, 15) is 10.0 Å². The Morgan fingerprint density at radius 3 is 2.57 bits per heavy atom. The molecule has 2 rings (SSSR count). The summed E-state index contributed by atoms with van der Waals surface area (Å²) in [4.78, 5) is 10.6. The molecule has 0 radical (unpaired) electrons. The summed E-state index contributed by atoms with van der Waals surface area (Å²) in [5, 5.41) is 21.4. The number of pyridine rings is 1. The topological polar surface area (TPSA) is 64.2 Å². The van der Waals surface area contributed by atoms with Crippen LogP contribution in [0.25, 0.3) is 10.8 Å². The Morgan fingerprint density at radius 2 is 1.93 bits per heavy atom. The van der Waals surface area contributed by atoms with Crippen LogP contribution in [0.1, 0.15) is 10.5 Å². The summed E-state index contributed by atoms with van der Waals surface area (Å²) in [5.74, 6) is -1.22. The van der Waals surface area contributed by atoms with Crippen LogP contribution in [0.3, 0.4) is 0 Å². The van der Waals surface area contributed by atoms with Crippen molar-refractivity contribution in [2.24, 2.45) is 0 Å². The fourth-order valence-corrected chi connectivity index (χ4v) is 1.32. The summed E-state index contributed by atoms with van der Waals surface area (Å²) < 4.78 is 0.366. The number of nitrogens with zero attached hydrogens (tertiary/aromatic N) is 1. The van der Waals surface area contributed by atoms with Crippen LogP contribution in [0.15, 0.2) is 36.5 Å². The standard InChI is InChI=1S/C10H7NO3/c12-10(13)9-5-7-3-1-2-4-8(7)6-11(9)14/h1-6H,(H,12,13). The lowest BCUT2D eigenvalue weighted by Crippen LogP contribution is -2.33. The number of rotatable bonds is 1. The maximum atomic E-state index is 11.2. The van der Waals surface area contributed by atoms with E-state index < -0.39 is 5.97 Å². The summed E-state index contributed by atoms with van der Waals surface area (Å²) in [7, 11) is 0. The first-order valence-corrected chi connectivity index (χ1v) is 4.04. The van der Waals surface area contributed by atoms with E-state index in [0.717, 1.165) is 10.8 Å². The number of hydrogen-bond acceptors (Lipinski definition) is 2. The van der Waals surface area contributed by atoms with Crippen molar-refractivity contribution < 1.29 is 14.6 Å². The van der Waals surface area contributed by atoms with E-state index in [0.29, 0.717) is 4.73 Å². The second-order valence-electron chi connectivity index (χ2n) is 2.92. The summed E-state index contributed by atoms with van der Waals surface area (Å²) >= 11 is 0. The minimum absolute atomic E-state index is 0.260. The molecule has 1 heterocycles. The summed E-state index contributed by atoms with van der Waals surface area (Å²) in [6, 6.07) is 8.48. The van der Waals surface area contributed by atoms with Gasteiger partial charge in [0.1, 0.15) is 0 Å². The van der Waals surface area contributed by atoms with Gasteiger partial charge in [-0.15, -0.1) is 0 Å². The monoisotopic (exact) mass is 189 g/mol. The maximum absolute atomic E-state index is 11.2. The Kier molecular flexibility index (Phi) is 1.81. The lowest BCUT2D eigenvalue weighted by molar-refractivity contribution is -0.606. The zero-order chi connectivity index (χ0) is 10.1. The average Bonchev–Trinajstić information content (AvgIpc) is 2.16. The Labute approximate surface area is 79.6 Å². The summed E-state index contributed by atoms with van der Waals surface area (Å²) in [6.07, 6.45) is 1.26. The number of benzene rings is 1. The lowest BCUT2D eigenvalue weighted by atomic mass is 10.1. The molecule has 2 aromatic rings. The SMILES string of the molecule is O=C(O)c1cc2ccccc2c[n+]1[O-]. The molecule has 14 heavy (non-hydrogen) atoms. The van der Waals surface area contributed by atoms with Crippen molar-refractivity contribution in [3.05, 3.63) is 47.4 Å². The van der Waals surface area contributed by atoms with Crippen LogP contribution in [0, 0.1) is 5.21 Å². The molecule has 1 N–H and O–H groups in total. The maximum Gasteiger partial charge on any atom is 0.402 e. The second-order valence-corrected chi connectivity index (χ2v) is 2.92. The van der Waals surface area contributed by atoms with E-state index >= 15 is 0 Å². The molecule has 0 bridgehead atoms. The average molecular weight is 189 g/mol. The van der Waals surface area contributed by atoms with Gasteiger partial charge in [-0.2, -0.15) is 4.73 Å². The van der Waals surface area contributed by atoms with Gasteiger partial charge in [0.2, 0.25) is 0 Å². The second kappa shape index (κ2) is 2.99. The number of aromatic carboxylic acids is 1. The van der Waals surface area contributed by atoms with Crippen molar-refractivity contribution >= 4 is 16.7 Å². The molecule has 0 fully saturated rings. The van der Waals surface area contributed by atoms with E-state index in [1.54, 1.807) is 24.3 Å². The fraction of sp³-hybridized carbons (Fsp3) is 0. The third kappa shape index (κ3) is 1.26. The minimum atomic E-state index is -1.22. The van der Waals surface area contributed by atoms with Gasteiger partial charge in [-0.25, -0.2) is 4.79 Å². The highest BCUT2D eigenvalue weighted by molar-refractivity contribution is 5.90. The smallest absolute Gasteiger partial charge is 0.402 e. The van der Waals surface area contributed by atoms with Crippen molar-refractivity contribution in [1.29, 1.82) is 0 Å². The minimum Gasteiger partial charge on any atom is -0.618 e. The fourth-order valence-electron chi connectivity index (χ4n) is 1.32. The van der Waals surface area contributed by atoms with Crippen LogP contribution >= 0.6 is 0 Å². The molecule has 70 valence electrons. The van der Waals surface area contributed by atoms with Crippen molar-refractivity contribution in [3.63, 3.8) is 0 Å². The Hall–Kier alpha value is -2.10. The summed E-state index contributed by atoms with van der Waals surface area (Å²) in [5.41, 5.74) is -0.260. The van der Waals surface area contributed by atoms with Gasteiger partial charge in [0.15, 0.2) is 6.20 Å². The van der Waals surface area contributed by atoms with E-state index in [1.807, 2.05) is 0 Å². The Bertz CT molecular complexity index is 508. The van der Waals surface area contributed by atoms with Gasteiger partial charge in [0.05, 0.1) is 0 Å². The van der Waals surface area contributed by atoms with Gasteiger partial charge in [-0.1, -0.05) is 18.2 Å². The van der Waals surface area contributed by atoms with E-state index in [2.05, 4.69) is 0 Å². The van der Waals surface area contributed by atoms with Gasteiger partial charge in [-0.05, 0) is 11.5 Å². The van der Waals surface area contributed by atoms with Gasteiger partial charge in [0, 0.05) is 11.5 Å². The Balaban J connectivity index is 2.77. The molecular formula is C10H7NO3. The molecular weight excluding hydrogens is 182 g/mol. The van der Waals surface area contributed by atoms with Crippen LogP contribution < -0.4 is 4.73 Å². The molecule has 0 unspecified atom stereocenters. The summed E-state index contributed by atoms with van der Waals surface area (Å²) in [6.45, 7) is 0. The number of hydrogen-bond donors (Lipinski definition) is 1. The van der Waals surface area contributed by atoms with Crippen LogP contribution in [-0.4, -0.2) is 11.1 Å². The molecule has 1 aromatic carbocycles. The predicted octanol–water partition coefficient (Wildman–Crippen LogP) is 1.17. The van der Waals surface area contributed by atoms with Crippen molar-refractivity contribution in [2.75, 3.05) is 0 Å². The van der Waals surface area contributed by atoms with Gasteiger partial charge in [-0.3, -0.25) is 0 Å². The largest absolute Gasteiger partial charge is 0.618 e. The van der Waals surface area contributed by atoms with Crippen LogP contribution in [0.4, 0.5) is 0 Å². The Morgan fingerprint density at radius 1 is 1.29 bits per heavy atom. The highest BCUT2D eigenvalue weighted by Gasteiger charge is 2.14. The van der Waals surface area contributed by atoms with Crippen molar-refractivity contribution in [1.82, 2.24) is 0 Å². The zero-order valence-electron chi connectivity index (χ0n) is 7.18. The molecule has 0 aliphatic rings. The number of carbonyl (C=O) groups is 1. The molecule has 0 aliphatic heterocycles. The first kappa shape index (κ1) is 8.50. The predicted molar refractivity (Wildman–Crippen MR) is 49.9 cm³/mol. The van der Waals surface area contributed by atoms with Crippen LogP contribution in [0.5, 0.6) is 0 Å². The number of carboxylic acids is 1. The first-order chi connectivity index (χ1) is 6.68. The molecule has 0 amide bonds. The molecule has 0 saturated heterocycles. The highest BCUT2D eigenvalue weighted by atomic mass is 16.5. The molecule has 4 heteroatoms. The lowest BCUT2D eigenvalue weighted by Gasteiger charge is -2.02. The van der Waals surface area contributed by atoms with Crippen LogP contribution in [-0.2, 0) is 0 Å². The van der Waals surface area contributed by atoms with Gasteiger partial charge < -0.3 is 10.3 Å². The van der Waals surface area contributed by atoms with Crippen LogP contribution in [0.2, 0.25) is 0 Å². The van der Waals surface area contributed by atoms with E-state index in [4.69, 9.17) is 5.11 Å². The number of fused-ring (bicyclic) bond motifs is 1. The quantitative estimate of drug-likeness (QED) is 0.541. The third-order valence-corrected chi connectivity index (χ3v) is 2.00. The molecule has 0 saturated carbocycles. The first-order valence-electron chi connectivity index (χ1n) is 4.04.